The third-order valence-corrected chi connectivity index (χ3v) is 5.89. The highest BCUT2D eigenvalue weighted by atomic mass is 32.1. The number of amides is 3. The second-order valence-corrected chi connectivity index (χ2v) is 7.77. The Kier molecular flexibility index (Phi) is 5.15. The van der Waals surface area contributed by atoms with Gasteiger partial charge in [0.25, 0.3) is 0 Å². The van der Waals surface area contributed by atoms with Crippen molar-refractivity contribution in [1.29, 1.82) is 0 Å². The number of thiazole rings is 1. The van der Waals surface area contributed by atoms with Crippen molar-refractivity contribution in [3.05, 3.63) is 11.1 Å². The Balaban J connectivity index is 1.42. The van der Waals surface area contributed by atoms with Gasteiger partial charge in [0.2, 0.25) is 5.91 Å². The first-order valence-corrected chi connectivity index (χ1v) is 9.23. The lowest BCUT2D eigenvalue weighted by Crippen LogP contribution is -2.46. The molecule has 0 radical (unpaired) electrons. The van der Waals surface area contributed by atoms with Crippen molar-refractivity contribution < 1.29 is 9.59 Å². The molecule has 2 fully saturated rings. The van der Waals surface area contributed by atoms with Crippen LogP contribution in [-0.2, 0) is 4.79 Å². The predicted molar refractivity (Wildman–Crippen MR) is 90.4 cm³/mol. The van der Waals surface area contributed by atoms with E-state index in [9.17, 15) is 9.59 Å². The second kappa shape index (κ2) is 7.29. The zero-order chi connectivity index (χ0) is 16.2. The van der Waals surface area contributed by atoms with E-state index in [1.807, 2.05) is 6.20 Å². The number of rotatable bonds is 5. The van der Waals surface area contributed by atoms with Gasteiger partial charge in [0, 0.05) is 23.5 Å². The van der Waals surface area contributed by atoms with Crippen molar-refractivity contribution in [2.75, 3.05) is 5.32 Å². The first-order valence-electron chi connectivity index (χ1n) is 8.41. The molecule has 0 aromatic carbocycles. The maximum atomic E-state index is 12.0. The molecular formula is C16H24N4O2S. The molecule has 0 bridgehead atoms. The van der Waals surface area contributed by atoms with Gasteiger partial charge in [-0.1, -0.05) is 19.3 Å². The molecule has 2 saturated carbocycles. The molecule has 0 spiro atoms. The molecule has 0 saturated heterocycles. The highest BCUT2D eigenvalue weighted by Gasteiger charge is 2.31. The molecular weight excluding hydrogens is 312 g/mol. The molecule has 0 unspecified atom stereocenters. The minimum absolute atomic E-state index is 0.136. The van der Waals surface area contributed by atoms with E-state index in [1.165, 1.54) is 37.0 Å². The van der Waals surface area contributed by atoms with Crippen molar-refractivity contribution in [3.63, 3.8) is 0 Å². The topological polar surface area (TPSA) is 97.1 Å². The van der Waals surface area contributed by atoms with E-state index in [0.717, 1.165) is 12.8 Å². The summed E-state index contributed by atoms with van der Waals surface area (Å²) < 4.78 is 0. The molecule has 1 aromatic heterocycles. The van der Waals surface area contributed by atoms with Gasteiger partial charge in [-0.15, -0.1) is 11.3 Å². The summed E-state index contributed by atoms with van der Waals surface area (Å²) in [6.07, 6.45) is 10.3. The third-order valence-electron chi connectivity index (χ3n) is 4.81. The van der Waals surface area contributed by atoms with Gasteiger partial charge in [-0.2, -0.15) is 0 Å². The van der Waals surface area contributed by atoms with Crippen LogP contribution in [0.1, 0.15) is 62.2 Å². The quantitative estimate of drug-likeness (QED) is 0.771. The van der Waals surface area contributed by atoms with Gasteiger partial charge in [-0.25, -0.2) is 9.78 Å². The van der Waals surface area contributed by atoms with Crippen molar-refractivity contribution in [2.24, 2.45) is 11.7 Å². The number of carbonyl (C=O) groups is 2. The molecule has 4 N–H and O–H groups in total. The van der Waals surface area contributed by atoms with Gasteiger partial charge in [-0.05, 0) is 37.5 Å². The second-order valence-electron chi connectivity index (χ2n) is 6.71. The van der Waals surface area contributed by atoms with Crippen LogP contribution in [0.3, 0.4) is 0 Å². The van der Waals surface area contributed by atoms with Crippen molar-refractivity contribution in [3.8, 4) is 0 Å². The molecule has 3 amide bonds. The smallest absolute Gasteiger partial charge is 0.321 e. The Hall–Kier alpha value is -1.63. The number of urea groups is 1. The van der Waals surface area contributed by atoms with Crippen LogP contribution in [0, 0.1) is 5.92 Å². The van der Waals surface area contributed by atoms with E-state index in [2.05, 4.69) is 15.6 Å². The zero-order valence-corrected chi connectivity index (χ0v) is 14.0. The number of nitrogens with one attached hydrogen (secondary N) is 2. The number of carbonyl (C=O) groups excluding carboxylic acids is 2. The molecule has 0 atom stereocenters. The molecule has 2 aliphatic carbocycles. The van der Waals surface area contributed by atoms with Crippen LogP contribution in [0.2, 0.25) is 0 Å². The summed E-state index contributed by atoms with van der Waals surface area (Å²) in [7, 11) is 0. The number of hydrogen-bond acceptors (Lipinski definition) is 4. The average Bonchev–Trinajstić information content (AvgIpc) is 2.94. The Bertz CT molecular complexity index is 562. The Morgan fingerprint density at radius 1 is 1.26 bits per heavy atom. The summed E-state index contributed by atoms with van der Waals surface area (Å²) in [6.45, 7) is 0. The first kappa shape index (κ1) is 16.2. The lowest BCUT2D eigenvalue weighted by Gasteiger charge is -2.34. The number of nitrogens with two attached hydrogens (primary N) is 1. The van der Waals surface area contributed by atoms with Crippen LogP contribution in [0.15, 0.2) is 6.20 Å². The summed E-state index contributed by atoms with van der Waals surface area (Å²) in [5, 5.41) is 6.41. The lowest BCUT2D eigenvalue weighted by molar-refractivity contribution is -0.119. The fraction of sp³-hybridized carbons (Fsp3) is 0.688. The van der Waals surface area contributed by atoms with Crippen molar-refractivity contribution in [1.82, 2.24) is 10.3 Å². The molecule has 1 aromatic rings. The van der Waals surface area contributed by atoms with Crippen molar-refractivity contribution >= 4 is 28.4 Å². The largest absolute Gasteiger partial charge is 0.370 e. The van der Waals surface area contributed by atoms with Gasteiger partial charge in [0.15, 0.2) is 5.13 Å². The molecule has 3 rings (SSSR count). The molecule has 0 aliphatic heterocycles. The monoisotopic (exact) mass is 336 g/mol. The van der Waals surface area contributed by atoms with Crippen molar-refractivity contribution in [2.45, 2.75) is 63.3 Å². The molecule has 23 heavy (non-hydrogen) atoms. The van der Waals surface area contributed by atoms with E-state index >= 15 is 0 Å². The Labute approximate surface area is 140 Å². The van der Waals surface area contributed by atoms with E-state index in [1.54, 1.807) is 11.3 Å². The Morgan fingerprint density at radius 2 is 2.00 bits per heavy atom. The molecule has 7 heteroatoms. The van der Waals surface area contributed by atoms with Crippen LogP contribution in [-0.4, -0.2) is 23.0 Å². The van der Waals surface area contributed by atoms with Gasteiger partial charge in [-0.3, -0.25) is 10.1 Å². The maximum Gasteiger partial charge on any atom is 0.321 e. The van der Waals surface area contributed by atoms with Gasteiger partial charge in [0.1, 0.15) is 0 Å². The van der Waals surface area contributed by atoms with Crippen LogP contribution < -0.4 is 16.4 Å². The number of anilines is 1. The van der Waals surface area contributed by atoms with Gasteiger partial charge >= 0.3 is 6.03 Å². The number of hydrogen-bond donors (Lipinski definition) is 3. The van der Waals surface area contributed by atoms with Gasteiger partial charge < -0.3 is 11.1 Å². The van der Waals surface area contributed by atoms with E-state index in [-0.39, 0.29) is 18.0 Å². The number of nitrogens with zero attached hydrogens (tertiary/aromatic N) is 1. The normalized spacial score (nSPS) is 24.7. The third kappa shape index (κ3) is 4.43. The van der Waals surface area contributed by atoms with E-state index in [4.69, 9.17) is 5.73 Å². The highest BCUT2D eigenvalue weighted by Crippen LogP contribution is 2.36. The molecule has 6 nitrogen and oxygen atoms in total. The minimum Gasteiger partial charge on any atom is -0.370 e. The summed E-state index contributed by atoms with van der Waals surface area (Å²) in [5.74, 6) is 0.660. The van der Waals surface area contributed by atoms with E-state index < -0.39 is 0 Å². The lowest BCUT2D eigenvalue weighted by atomic mass is 9.78. The zero-order valence-electron chi connectivity index (χ0n) is 13.2. The first-order chi connectivity index (χ1) is 11.1. The summed E-state index contributed by atoms with van der Waals surface area (Å²) >= 11 is 1.59. The SMILES string of the molecule is NC(=O)CC1CC(NC(=O)Nc2ncc(C3CCCCC3)s2)C1. The maximum absolute atomic E-state index is 12.0. The number of primary amides is 1. The van der Waals surface area contributed by atoms with Crippen LogP contribution in [0.25, 0.3) is 0 Å². The van der Waals surface area contributed by atoms with Crippen LogP contribution in [0.4, 0.5) is 9.93 Å². The standard InChI is InChI=1S/C16H24N4O2S/c17-14(21)8-10-6-12(7-10)19-15(22)20-16-18-9-13(23-16)11-4-2-1-3-5-11/h9-12H,1-8H2,(H2,17,21)(H2,18,19,20,22). The van der Waals surface area contributed by atoms with Crippen LogP contribution in [0.5, 0.6) is 0 Å². The number of aromatic nitrogens is 1. The fourth-order valence-corrected chi connectivity index (χ4v) is 4.52. The van der Waals surface area contributed by atoms with E-state index in [0.29, 0.717) is 23.4 Å². The molecule has 1 heterocycles. The molecule has 126 valence electrons. The van der Waals surface area contributed by atoms with Gasteiger partial charge in [0.05, 0.1) is 0 Å². The Morgan fingerprint density at radius 3 is 2.70 bits per heavy atom. The van der Waals surface area contributed by atoms with Crippen LogP contribution >= 0.6 is 11.3 Å². The summed E-state index contributed by atoms with van der Waals surface area (Å²) in [6, 6.07) is -0.0748. The highest BCUT2D eigenvalue weighted by molar-refractivity contribution is 7.15. The average molecular weight is 336 g/mol. The summed E-state index contributed by atoms with van der Waals surface area (Å²) in [5.41, 5.74) is 5.17. The minimum atomic E-state index is -0.268. The summed E-state index contributed by atoms with van der Waals surface area (Å²) in [4.78, 5) is 28.4. The predicted octanol–water partition coefficient (Wildman–Crippen LogP) is 2.97. The molecule has 2 aliphatic rings. The fourth-order valence-electron chi connectivity index (χ4n) is 3.54.